The molecule has 1 atom stereocenters. The van der Waals surface area contributed by atoms with Crippen molar-refractivity contribution < 1.29 is 19.4 Å². The van der Waals surface area contributed by atoms with Crippen molar-refractivity contribution in [2.24, 2.45) is 0 Å². The lowest BCUT2D eigenvalue weighted by Crippen LogP contribution is -2.43. The zero-order valence-corrected chi connectivity index (χ0v) is 11.3. The normalized spacial score (nSPS) is 17.6. The Morgan fingerprint density at radius 2 is 2.25 bits per heavy atom. The highest BCUT2D eigenvalue weighted by Gasteiger charge is 2.34. The molecule has 2 rings (SSSR count). The van der Waals surface area contributed by atoms with Crippen LogP contribution in [-0.4, -0.2) is 46.2 Å². The molecule has 0 spiro atoms. The molecule has 1 aromatic carbocycles. The van der Waals surface area contributed by atoms with Crippen LogP contribution in [0.2, 0.25) is 0 Å². The van der Waals surface area contributed by atoms with Gasteiger partial charge in [-0.15, -0.1) is 11.8 Å². The van der Waals surface area contributed by atoms with Crippen LogP contribution in [0.25, 0.3) is 0 Å². The first-order valence-electron chi connectivity index (χ1n) is 5.85. The first-order chi connectivity index (χ1) is 9.63. The monoisotopic (exact) mass is 292 g/mol. The summed E-state index contributed by atoms with van der Waals surface area (Å²) in [5.41, 5.74) is 0.339. The van der Waals surface area contributed by atoms with Gasteiger partial charge in [-0.2, -0.15) is 5.26 Å². The number of hydrogen-bond donors (Lipinski definition) is 1. The fourth-order valence-electron chi connectivity index (χ4n) is 1.80. The molecule has 1 heterocycles. The number of amides is 1. The highest BCUT2D eigenvalue weighted by atomic mass is 32.2. The van der Waals surface area contributed by atoms with Gasteiger partial charge in [0.25, 0.3) is 5.91 Å². The molecular weight excluding hydrogens is 280 g/mol. The molecule has 1 N–H and O–H groups in total. The molecule has 20 heavy (non-hydrogen) atoms. The number of carbonyl (C=O) groups excluding carboxylic acids is 1. The van der Waals surface area contributed by atoms with Gasteiger partial charge in [-0.05, 0) is 12.1 Å². The predicted octanol–water partition coefficient (Wildman–Crippen LogP) is 0.923. The summed E-state index contributed by atoms with van der Waals surface area (Å²) in [6.45, 7) is -0.275. The molecule has 1 aliphatic rings. The largest absolute Gasteiger partial charge is 0.482 e. The molecule has 0 saturated carbocycles. The molecule has 1 fully saturated rings. The third-order valence-electron chi connectivity index (χ3n) is 2.85. The third kappa shape index (κ3) is 3.03. The van der Waals surface area contributed by atoms with Crippen LogP contribution >= 0.6 is 11.8 Å². The Morgan fingerprint density at radius 1 is 1.50 bits per heavy atom. The Morgan fingerprint density at radius 3 is 2.95 bits per heavy atom. The van der Waals surface area contributed by atoms with E-state index >= 15 is 0 Å². The molecule has 1 amide bonds. The first kappa shape index (κ1) is 14.2. The van der Waals surface area contributed by atoms with Crippen LogP contribution in [0.5, 0.6) is 5.75 Å². The predicted molar refractivity (Wildman–Crippen MR) is 72.2 cm³/mol. The van der Waals surface area contributed by atoms with Gasteiger partial charge in [-0.25, -0.2) is 4.79 Å². The quantitative estimate of drug-likeness (QED) is 0.887. The number of carboxylic acids is 1. The van der Waals surface area contributed by atoms with Crippen LogP contribution in [0, 0.1) is 11.3 Å². The Bertz CT molecular complexity index is 570. The number of aliphatic carboxylic acids is 1. The van der Waals surface area contributed by atoms with Gasteiger partial charge in [0.1, 0.15) is 17.9 Å². The molecule has 0 bridgehead atoms. The Labute approximate surface area is 119 Å². The Balaban J connectivity index is 1.99. The number of nitrogens with zero attached hydrogens (tertiary/aromatic N) is 2. The minimum Gasteiger partial charge on any atom is -0.482 e. The van der Waals surface area contributed by atoms with Gasteiger partial charge in [0, 0.05) is 5.75 Å². The molecular formula is C13H12N2O4S. The number of ether oxygens (including phenoxy) is 1. The van der Waals surface area contributed by atoms with Crippen LogP contribution in [0.15, 0.2) is 24.3 Å². The van der Waals surface area contributed by atoms with E-state index in [1.165, 1.54) is 16.7 Å². The van der Waals surface area contributed by atoms with Crippen LogP contribution < -0.4 is 4.74 Å². The summed E-state index contributed by atoms with van der Waals surface area (Å²) >= 11 is 1.39. The number of thioether (sulfide) groups is 1. The molecule has 0 aliphatic carbocycles. The summed E-state index contributed by atoms with van der Waals surface area (Å²) in [6.07, 6.45) is 0. The third-order valence-corrected chi connectivity index (χ3v) is 3.86. The summed E-state index contributed by atoms with van der Waals surface area (Å²) < 4.78 is 5.31. The van der Waals surface area contributed by atoms with Gasteiger partial charge in [0.05, 0.1) is 11.4 Å². The van der Waals surface area contributed by atoms with Crippen LogP contribution in [0.4, 0.5) is 0 Å². The van der Waals surface area contributed by atoms with Crippen molar-refractivity contribution in [2.45, 2.75) is 6.04 Å². The average molecular weight is 292 g/mol. The second kappa shape index (κ2) is 6.30. The summed E-state index contributed by atoms with van der Waals surface area (Å²) in [7, 11) is 0. The first-order valence-corrected chi connectivity index (χ1v) is 7.01. The minimum atomic E-state index is -1.01. The molecule has 0 aromatic heterocycles. The fourth-order valence-corrected chi connectivity index (χ4v) is 2.97. The van der Waals surface area contributed by atoms with E-state index < -0.39 is 17.9 Å². The van der Waals surface area contributed by atoms with Gasteiger partial charge in [-0.3, -0.25) is 4.79 Å². The average Bonchev–Trinajstić information content (AvgIpc) is 2.94. The number of hydrogen-bond acceptors (Lipinski definition) is 5. The van der Waals surface area contributed by atoms with E-state index in [4.69, 9.17) is 15.1 Å². The number of benzene rings is 1. The van der Waals surface area contributed by atoms with Crippen molar-refractivity contribution >= 4 is 23.6 Å². The van der Waals surface area contributed by atoms with Crippen molar-refractivity contribution in [3.8, 4) is 11.8 Å². The smallest absolute Gasteiger partial charge is 0.327 e. The SMILES string of the molecule is N#Cc1ccccc1OCC(=O)N1CSC[C@H]1C(=O)O. The second-order valence-corrected chi connectivity index (χ2v) is 5.11. The Hall–Kier alpha value is -2.20. The molecule has 6 nitrogen and oxygen atoms in total. The molecule has 1 saturated heterocycles. The van der Waals surface area contributed by atoms with E-state index in [2.05, 4.69) is 0 Å². The van der Waals surface area contributed by atoms with Crippen molar-refractivity contribution in [3.63, 3.8) is 0 Å². The number of carboxylic acid groups (broad SMARTS) is 1. The number of rotatable bonds is 4. The van der Waals surface area contributed by atoms with Crippen molar-refractivity contribution in [2.75, 3.05) is 18.2 Å². The van der Waals surface area contributed by atoms with Crippen molar-refractivity contribution in [1.82, 2.24) is 4.90 Å². The minimum absolute atomic E-state index is 0.275. The highest BCUT2D eigenvalue weighted by Crippen LogP contribution is 2.22. The molecule has 104 valence electrons. The maximum Gasteiger partial charge on any atom is 0.327 e. The number of para-hydroxylation sites is 1. The van der Waals surface area contributed by atoms with Gasteiger partial charge >= 0.3 is 5.97 Å². The maximum absolute atomic E-state index is 12.0. The zero-order chi connectivity index (χ0) is 14.5. The van der Waals surface area contributed by atoms with Crippen LogP contribution in [-0.2, 0) is 9.59 Å². The second-order valence-electron chi connectivity index (χ2n) is 4.11. The summed E-state index contributed by atoms with van der Waals surface area (Å²) in [4.78, 5) is 24.3. The lowest BCUT2D eigenvalue weighted by molar-refractivity contribution is -0.148. The molecule has 0 unspecified atom stereocenters. The van der Waals surface area contributed by atoms with Crippen LogP contribution in [0.1, 0.15) is 5.56 Å². The van der Waals surface area contributed by atoms with Gasteiger partial charge in [0.15, 0.2) is 6.61 Å². The van der Waals surface area contributed by atoms with E-state index in [0.717, 1.165) is 0 Å². The fraction of sp³-hybridized carbons (Fsp3) is 0.308. The molecule has 7 heteroatoms. The summed E-state index contributed by atoms with van der Waals surface area (Å²) in [6, 6.07) is 7.75. The highest BCUT2D eigenvalue weighted by molar-refractivity contribution is 7.99. The van der Waals surface area contributed by atoms with E-state index in [1.54, 1.807) is 24.3 Å². The number of carbonyl (C=O) groups is 2. The summed E-state index contributed by atoms with van der Waals surface area (Å²) in [5, 5.41) is 17.9. The van der Waals surface area contributed by atoms with Crippen molar-refractivity contribution in [3.05, 3.63) is 29.8 Å². The lowest BCUT2D eigenvalue weighted by atomic mass is 10.2. The van der Waals surface area contributed by atoms with E-state index in [0.29, 0.717) is 22.9 Å². The summed E-state index contributed by atoms with van der Waals surface area (Å²) in [5.74, 6) is -0.354. The van der Waals surface area contributed by atoms with Gasteiger partial charge in [-0.1, -0.05) is 12.1 Å². The van der Waals surface area contributed by atoms with E-state index in [9.17, 15) is 9.59 Å². The number of nitriles is 1. The van der Waals surface area contributed by atoms with E-state index in [-0.39, 0.29) is 6.61 Å². The standard InChI is InChI=1S/C13H12N2O4S/c14-5-9-3-1-2-4-11(9)19-6-12(16)15-8-20-7-10(15)13(17)18/h1-4,10H,6-8H2,(H,17,18)/t10-/m0/s1. The van der Waals surface area contributed by atoms with Gasteiger partial charge in [0.2, 0.25) is 0 Å². The molecule has 1 aromatic rings. The maximum atomic E-state index is 12.0. The Kier molecular flexibility index (Phi) is 4.48. The molecule has 0 radical (unpaired) electrons. The molecule has 1 aliphatic heterocycles. The zero-order valence-electron chi connectivity index (χ0n) is 10.5. The lowest BCUT2D eigenvalue weighted by Gasteiger charge is -2.20. The topological polar surface area (TPSA) is 90.6 Å². The van der Waals surface area contributed by atoms with Crippen molar-refractivity contribution in [1.29, 1.82) is 5.26 Å². The van der Waals surface area contributed by atoms with Crippen LogP contribution in [0.3, 0.4) is 0 Å². The van der Waals surface area contributed by atoms with E-state index in [1.807, 2.05) is 6.07 Å². The van der Waals surface area contributed by atoms with Gasteiger partial charge < -0.3 is 14.7 Å².